The van der Waals surface area contributed by atoms with E-state index in [9.17, 15) is 0 Å². The Morgan fingerprint density at radius 1 is 1.57 bits per heavy atom. The summed E-state index contributed by atoms with van der Waals surface area (Å²) in [6.07, 6.45) is 2.54. The summed E-state index contributed by atoms with van der Waals surface area (Å²) in [7, 11) is 0. The van der Waals surface area contributed by atoms with Gasteiger partial charge in [-0.3, -0.25) is 4.99 Å². The first-order chi connectivity index (χ1) is 6.53. The van der Waals surface area contributed by atoms with Crippen LogP contribution in [0.3, 0.4) is 0 Å². The number of nitrogens with two attached hydrogens (primary N) is 1. The van der Waals surface area contributed by atoms with Gasteiger partial charge in [0.05, 0.1) is 12.1 Å². The van der Waals surface area contributed by atoms with Crippen LogP contribution in [-0.4, -0.2) is 29.5 Å². The van der Waals surface area contributed by atoms with Gasteiger partial charge in [0, 0.05) is 6.54 Å². The number of hydrogen-bond acceptors (Lipinski definition) is 3. The van der Waals surface area contributed by atoms with Crippen LogP contribution in [0.5, 0.6) is 0 Å². The first-order valence-electron chi connectivity index (χ1n) is 5.61. The van der Waals surface area contributed by atoms with Gasteiger partial charge in [-0.25, -0.2) is 0 Å². The van der Waals surface area contributed by atoms with Crippen LogP contribution in [-0.2, 0) is 0 Å². The molecule has 2 aliphatic rings. The smallest absolute Gasteiger partial charge is 0.191 e. The zero-order valence-corrected chi connectivity index (χ0v) is 9.45. The van der Waals surface area contributed by atoms with E-state index in [1.807, 2.05) is 0 Å². The second-order valence-electron chi connectivity index (χ2n) is 5.42. The normalized spacial score (nSPS) is 36.4. The number of nitrogens with zero attached hydrogens (tertiary/aromatic N) is 2. The fraction of sp³-hybridized carbons (Fsp3) is 0.909. The Labute approximate surface area is 86.4 Å². The maximum atomic E-state index is 5.93. The van der Waals surface area contributed by atoms with Crippen LogP contribution < -0.4 is 5.73 Å². The Bertz CT molecular complexity index is 251. The fourth-order valence-corrected chi connectivity index (χ4v) is 2.88. The van der Waals surface area contributed by atoms with Crippen LogP contribution in [0.1, 0.15) is 33.6 Å². The predicted octanol–water partition coefficient (Wildman–Crippen LogP) is 1.44. The Hall–Kier alpha value is -0.730. The van der Waals surface area contributed by atoms with Crippen LogP contribution in [0, 0.1) is 11.8 Å². The Kier molecular flexibility index (Phi) is 2.20. The molecule has 0 saturated heterocycles. The van der Waals surface area contributed by atoms with Gasteiger partial charge in [-0.2, -0.15) is 0 Å². The van der Waals surface area contributed by atoms with E-state index in [-0.39, 0.29) is 0 Å². The van der Waals surface area contributed by atoms with Crippen molar-refractivity contribution in [3.05, 3.63) is 0 Å². The van der Waals surface area contributed by atoms with Crippen molar-refractivity contribution in [2.45, 2.75) is 39.2 Å². The second kappa shape index (κ2) is 3.14. The third-order valence-corrected chi connectivity index (χ3v) is 3.39. The molecule has 1 heterocycles. The maximum Gasteiger partial charge on any atom is 0.191 e. The molecule has 1 saturated carbocycles. The quantitative estimate of drug-likeness (QED) is 0.724. The van der Waals surface area contributed by atoms with Gasteiger partial charge >= 0.3 is 0 Å². The van der Waals surface area contributed by atoms with Gasteiger partial charge in [-0.1, -0.05) is 20.8 Å². The van der Waals surface area contributed by atoms with E-state index in [0.29, 0.717) is 11.5 Å². The van der Waals surface area contributed by atoms with Crippen molar-refractivity contribution >= 4 is 5.96 Å². The molecule has 3 nitrogen and oxygen atoms in total. The predicted molar refractivity (Wildman–Crippen MR) is 59.2 cm³/mol. The highest BCUT2D eigenvalue weighted by Gasteiger charge is 2.50. The van der Waals surface area contributed by atoms with Gasteiger partial charge in [0.15, 0.2) is 5.96 Å². The Morgan fingerprint density at radius 3 is 2.71 bits per heavy atom. The highest BCUT2D eigenvalue weighted by atomic mass is 15.4. The lowest BCUT2D eigenvalue weighted by atomic mass is 9.68. The van der Waals surface area contributed by atoms with Crippen molar-refractivity contribution in [3.63, 3.8) is 0 Å². The minimum atomic E-state index is 0.313. The van der Waals surface area contributed by atoms with Crippen LogP contribution in [0.4, 0.5) is 0 Å². The molecule has 2 N–H and O–H groups in total. The summed E-state index contributed by atoms with van der Waals surface area (Å²) in [5.74, 6) is 2.28. The molecule has 1 aliphatic carbocycles. The topological polar surface area (TPSA) is 41.6 Å². The molecule has 0 aromatic heterocycles. The van der Waals surface area contributed by atoms with E-state index < -0.39 is 0 Å². The molecule has 80 valence electrons. The third-order valence-electron chi connectivity index (χ3n) is 3.39. The Morgan fingerprint density at radius 2 is 2.21 bits per heavy atom. The highest BCUT2D eigenvalue weighted by Crippen LogP contribution is 2.44. The molecule has 0 aromatic carbocycles. The zero-order valence-electron chi connectivity index (χ0n) is 9.45. The molecular weight excluding hydrogens is 174 g/mol. The number of aliphatic imine (C=N–C) groups is 1. The van der Waals surface area contributed by atoms with Crippen molar-refractivity contribution in [1.29, 1.82) is 0 Å². The van der Waals surface area contributed by atoms with Crippen molar-refractivity contribution in [3.8, 4) is 0 Å². The highest BCUT2D eigenvalue weighted by molar-refractivity contribution is 5.81. The lowest BCUT2D eigenvalue weighted by Crippen LogP contribution is -2.59. The SMILES string of the molecule is CC(C)CN1C(N)=NCC12CC(C)C2. The first kappa shape index (κ1) is 9.81. The van der Waals surface area contributed by atoms with E-state index in [1.165, 1.54) is 12.8 Å². The minimum absolute atomic E-state index is 0.313. The van der Waals surface area contributed by atoms with Crippen LogP contribution >= 0.6 is 0 Å². The largest absolute Gasteiger partial charge is 0.370 e. The average molecular weight is 195 g/mol. The van der Waals surface area contributed by atoms with Gasteiger partial charge in [-0.05, 0) is 24.7 Å². The molecule has 0 atom stereocenters. The third kappa shape index (κ3) is 1.39. The van der Waals surface area contributed by atoms with Gasteiger partial charge in [-0.15, -0.1) is 0 Å². The summed E-state index contributed by atoms with van der Waals surface area (Å²) in [5.41, 5.74) is 6.25. The number of hydrogen-bond donors (Lipinski definition) is 1. The first-order valence-corrected chi connectivity index (χ1v) is 5.61. The van der Waals surface area contributed by atoms with E-state index in [2.05, 4.69) is 30.7 Å². The summed E-state index contributed by atoms with van der Waals surface area (Å²) >= 11 is 0. The van der Waals surface area contributed by atoms with Gasteiger partial charge in [0.1, 0.15) is 0 Å². The van der Waals surface area contributed by atoms with Crippen LogP contribution in [0.25, 0.3) is 0 Å². The summed E-state index contributed by atoms with van der Waals surface area (Å²) in [4.78, 5) is 6.75. The molecule has 0 amide bonds. The molecule has 0 radical (unpaired) electrons. The molecule has 14 heavy (non-hydrogen) atoms. The molecule has 0 unspecified atom stereocenters. The number of guanidine groups is 1. The van der Waals surface area contributed by atoms with Gasteiger partial charge in [0.2, 0.25) is 0 Å². The standard InChI is InChI=1S/C11H21N3/c1-8(2)6-14-10(12)13-7-11(14)4-9(3)5-11/h8-9H,4-7H2,1-3H3,(H2,12,13). The summed E-state index contributed by atoms with van der Waals surface area (Å²) < 4.78 is 0. The molecule has 1 aliphatic heterocycles. The molecular formula is C11H21N3. The van der Waals surface area contributed by atoms with Crippen molar-refractivity contribution < 1.29 is 0 Å². The molecule has 0 bridgehead atoms. The fourth-order valence-electron chi connectivity index (χ4n) is 2.88. The Balaban J connectivity index is 2.06. The molecule has 0 aromatic rings. The molecule has 1 spiro atoms. The van der Waals surface area contributed by atoms with Crippen molar-refractivity contribution in [2.24, 2.45) is 22.6 Å². The maximum absolute atomic E-state index is 5.93. The van der Waals surface area contributed by atoms with Crippen molar-refractivity contribution in [2.75, 3.05) is 13.1 Å². The molecule has 3 heteroatoms. The van der Waals surface area contributed by atoms with E-state index in [0.717, 1.165) is 25.0 Å². The summed E-state index contributed by atoms with van der Waals surface area (Å²) in [5, 5.41) is 0. The van der Waals surface area contributed by atoms with Gasteiger partial charge < -0.3 is 10.6 Å². The monoisotopic (exact) mass is 195 g/mol. The lowest BCUT2D eigenvalue weighted by molar-refractivity contribution is 0.0443. The van der Waals surface area contributed by atoms with E-state index >= 15 is 0 Å². The van der Waals surface area contributed by atoms with Crippen LogP contribution in [0.2, 0.25) is 0 Å². The van der Waals surface area contributed by atoms with E-state index in [1.54, 1.807) is 0 Å². The summed E-state index contributed by atoms with van der Waals surface area (Å²) in [6, 6.07) is 0. The summed E-state index contributed by atoms with van der Waals surface area (Å²) in [6.45, 7) is 8.77. The molecule has 2 rings (SSSR count). The minimum Gasteiger partial charge on any atom is -0.370 e. The molecule has 1 fully saturated rings. The zero-order chi connectivity index (χ0) is 10.3. The average Bonchev–Trinajstić information content (AvgIpc) is 2.31. The number of rotatable bonds is 2. The van der Waals surface area contributed by atoms with E-state index in [4.69, 9.17) is 5.73 Å². The lowest BCUT2D eigenvalue weighted by Gasteiger charge is -2.50. The second-order valence-corrected chi connectivity index (χ2v) is 5.42. The van der Waals surface area contributed by atoms with Crippen molar-refractivity contribution in [1.82, 2.24) is 4.90 Å². The van der Waals surface area contributed by atoms with Crippen LogP contribution in [0.15, 0.2) is 4.99 Å². The van der Waals surface area contributed by atoms with Gasteiger partial charge in [0.25, 0.3) is 0 Å².